The Kier molecular flexibility index (Phi) is 4.09. The van der Waals surface area contributed by atoms with Crippen molar-refractivity contribution >= 4 is 5.91 Å². The molecule has 4 heteroatoms. The van der Waals surface area contributed by atoms with Gasteiger partial charge in [-0.1, -0.05) is 6.07 Å². The third kappa shape index (κ3) is 3.53. The van der Waals surface area contributed by atoms with Crippen molar-refractivity contribution in [1.29, 1.82) is 0 Å². The van der Waals surface area contributed by atoms with Crippen molar-refractivity contribution in [2.24, 2.45) is 0 Å². The van der Waals surface area contributed by atoms with Crippen molar-refractivity contribution in [1.82, 2.24) is 15.6 Å². The molecule has 1 aliphatic heterocycles. The average Bonchev–Trinajstić information content (AvgIpc) is 2.82. The van der Waals surface area contributed by atoms with Crippen LogP contribution in [0.3, 0.4) is 0 Å². The number of hydrogen-bond donors (Lipinski definition) is 2. The Hall–Kier alpha value is -1.42. The van der Waals surface area contributed by atoms with E-state index in [1.165, 1.54) is 6.42 Å². The second-order valence-electron chi connectivity index (χ2n) is 4.57. The van der Waals surface area contributed by atoms with Crippen molar-refractivity contribution in [3.63, 3.8) is 0 Å². The molecular weight excluding hydrogens is 214 g/mol. The maximum absolute atomic E-state index is 11.8. The Bertz CT molecular complexity index is 360. The summed E-state index contributed by atoms with van der Waals surface area (Å²) in [6.45, 7) is 3.02. The first kappa shape index (κ1) is 12.0. The van der Waals surface area contributed by atoms with E-state index in [4.69, 9.17) is 0 Å². The molecule has 1 fully saturated rings. The molecule has 1 aliphatic rings. The monoisotopic (exact) mass is 233 g/mol. The number of aromatic nitrogens is 1. The van der Waals surface area contributed by atoms with Crippen LogP contribution in [0.5, 0.6) is 0 Å². The number of hydrogen-bond acceptors (Lipinski definition) is 3. The molecule has 0 aromatic carbocycles. The Morgan fingerprint density at radius 2 is 2.59 bits per heavy atom. The fourth-order valence-electron chi connectivity index (χ4n) is 2.17. The molecule has 0 bridgehead atoms. The Labute approximate surface area is 102 Å². The third-order valence-electron chi connectivity index (χ3n) is 3.16. The second-order valence-corrected chi connectivity index (χ2v) is 4.57. The largest absolute Gasteiger partial charge is 0.349 e. The smallest absolute Gasteiger partial charge is 0.222 e. The van der Waals surface area contributed by atoms with Gasteiger partial charge in [-0.3, -0.25) is 9.78 Å². The van der Waals surface area contributed by atoms with Crippen molar-refractivity contribution in [3.05, 3.63) is 30.1 Å². The van der Waals surface area contributed by atoms with Crippen LogP contribution in [-0.4, -0.2) is 23.5 Å². The number of pyridine rings is 1. The van der Waals surface area contributed by atoms with E-state index in [1.54, 1.807) is 12.4 Å². The van der Waals surface area contributed by atoms with Gasteiger partial charge in [-0.05, 0) is 37.9 Å². The van der Waals surface area contributed by atoms with Crippen LogP contribution >= 0.6 is 0 Å². The van der Waals surface area contributed by atoms with E-state index in [0.29, 0.717) is 12.5 Å². The topological polar surface area (TPSA) is 54.0 Å². The lowest BCUT2D eigenvalue weighted by atomic mass is 10.1. The summed E-state index contributed by atoms with van der Waals surface area (Å²) in [6, 6.07) is 4.25. The molecule has 0 saturated carbocycles. The molecule has 1 aromatic heterocycles. The van der Waals surface area contributed by atoms with Crippen LogP contribution in [0.15, 0.2) is 24.5 Å². The summed E-state index contributed by atoms with van der Waals surface area (Å²) in [5, 5.41) is 6.33. The van der Waals surface area contributed by atoms with Crippen LogP contribution in [-0.2, 0) is 4.79 Å². The van der Waals surface area contributed by atoms with Gasteiger partial charge >= 0.3 is 0 Å². The van der Waals surface area contributed by atoms with Gasteiger partial charge in [-0.2, -0.15) is 0 Å². The minimum atomic E-state index is 0.0256. The summed E-state index contributed by atoms with van der Waals surface area (Å²) < 4.78 is 0. The average molecular weight is 233 g/mol. The molecule has 1 aromatic rings. The molecule has 92 valence electrons. The van der Waals surface area contributed by atoms with Crippen LogP contribution < -0.4 is 10.6 Å². The summed E-state index contributed by atoms with van der Waals surface area (Å²) in [5.41, 5.74) is 1.04. The fourth-order valence-corrected chi connectivity index (χ4v) is 2.17. The van der Waals surface area contributed by atoms with Crippen LogP contribution in [0, 0.1) is 0 Å². The first-order chi connectivity index (χ1) is 8.25. The highest BCUT2D eigenvalue weighted by Gasteiger charge is 2.18. The molecule has 1 amide bonds. The maximum atomic E-state index is 11.8. The summed E-state index contributed by atoms with van der Waals surface area (Å²) in [5.74, 6) is 0.112. The molecule has 0 radical (unpaired) electrons. The Morgan fingerprint density at radius 1 is 1.71 bits per heavy atom. The predicted octanol–water partition coefficient (Wildman–Crippen LogP) is 1.40. The number of carbonyl (C=O) groups is 1. The number of carbonyl (C=O) groups excluding carboxylic acids is 1. The van der Waals surface area contributed by atoms with Gasteiger partial charge in [-0.15, -0.1) is 0 Å². The quantitative estimate of drug-likeness (QED) is 0.826. The Morgan fingerprint density at radius 3 is 3.24 bits per heavy atom. The standard InChI is InChI=1S/C13H19N3O/c1-10(11-4-2-6-14-9-11)16-13(17)8-12-5-3-7-15-12/h2,4,6,9-10,12,15H,3,5,7-8H2,1H3,(H,16,17)/t10-,12?/m0/s1. The molecule has 4 nitrogen and oxygen atoms in total. The second kappa shape index (κ2) is 5.77. The lowest BCUT2D eigenvalue weighted by Crippen LogP contribution is -2.33. The van der Waals surface area contributed by atoms with E-state index in [2.05, 4.69) is 15.6 Å². The van der Waals surface area contributed by atoms with E-state index in [-0.39, 0.29) is 11.9 Å². The van der Waals surface area contributed by atoms with E-state index in [1.807, 2.05) is 19.1 Å². The lowest BCUT2D eigenvalue weighted by Gasteiger charge is -2.16. The van der Waals surface area contributed by atoms with Gasteiger partial charge in [-0.25, -0.2) is 0 Å². The molecule has 2 atom stereocenters. The zero-order chi connectivity index (χ0) is 12.1. The van der Waals surface area contributed by atoms with Crippen LogP contribution in [0.1, 0.15) is 37.8 Å². The highest BCUT2D eigenvalue weighted by molar-refractivity contribution is 5.77. The Balaban J connectivity index is 1.81. The van der Waals surface area contributed by atoms with Crippen LogP contribution in [0.2, 0.25) is 0 Å². The molecule has 0 aliphatic carbocycles. The number of nitrogens with one attached hydrogen (secondary N) is 2. The number of rotatable bonds is 4. The van der Waals surface area contributed by atoms with E-state index < -0.39 is 0 Å². The summed E-state index contributed by atoms with van der Waals surface area (Å²) in [4.78, 5) is 15.9. The van der Waals surface area contributed by atoms with Gasteiger partial charge < -0.3 is 10.6 Å². The first-order valence-corrected chi connectivity index (χ1v) is 6.18. The normalized spacial score (nSPS) is 21.1. The van der Waals surface area contributed by atoms with Gasteiger partial charge in [0.2, 0.25) is 5.91 Å². The van der Waals surface area contributed by atoms with E-state index in [9.17, 15) is 4.79 Å². The maximum Gasteiger partial charge on any atom is 0.222 e. The zero-order valence-corrected chi connectivity index (χ0v) is 10.1. The first-order valence-electron chi connectivity index (χ1n) is 6.18. The molecule has 0 spiro atoms. The molecule has 2 N–H and O–H groups in total. The lowest BCUT2D eigenvalue weighted by molar-refractivity contribution is -0.122. The van der Waals surface area contributed by atoms with E-state index >= 15 is 0 Å². The van der Waals surface area contributed by atoms with Crippen LogP contribution in [0.25, 0.3) is 0 Å². The molecule has 1 unspecified atom stereocenters. The van der Waals surface area contributed by atoms with Crippen molar-refractivity contribution in [2.75, 3.05) is 6.54 Å². The van der Waals surface area contributed by atoms with Crippen LogP contribution in [0.4, 0.5) is 0 Å². The van der Waals surface area contributed by atoms with Gasteiger partial charge in [0, 0.05) is 24.9 Å². The summed E-state index contributed by atoms with van der Waals surface area (Å²) >= 11 is 0. The summed E-state index contributed by atoms with van der Waals surface area (Å²) in [6.07, 6.45) is 6.38. The fraction of sp³-hybridized carbons (Fsp3) is 0.538. The third-order valence-corrected chi connectivity index (χ3v) is 3.16. The zero-order valence-electron chi connectivity index (χ0n) is 10.1. The van der Waals surface area contributed by atoms with Gasteiger partial charge in [0.25, 0.3) is 0 Å². The highest BCUT2D eigenvalue weighted by Crippen LogP contribution is 2.12. The number of amides is 1. The van der Waals surface area contributed by atoms with Gasteiger partial charge in [0.05, 0.1) is 6.04 Å². The SMILES string of the molecule is C[C@H](NC(=O)CC1CCCN1)c1cccnc1. The van der Waals surface area contributed by atoms with Crippen molar-refractivity contribution in [3.8, 4) is 0 Å². The van der Waals surface area contributed by atoms with E-state index in [0.717, 1.165) is 18.5 Å². The molecule has 2 rings (SSSR count). The minimum Gasteiger partial charge on any atom is -0.349 e. The van der Waals surface area contributed by atoms with Gasteiger partial charge in [0.15, 0.2) is 0 Å². The highest BCUT2D eigenvalue weighted by atomic mass is 16.1. The van der Waals surface area contributed by atoms with Gasteiger partial charge in [0.1, 0.15) is 0 Å². The van der Waals surface area contributed by atoms with Crippen molar-refractivity contribution < 1.29 is 4.79 Å². The minimum absolute atomic E-state index is 0.0256. The van der Waals surface area contributed by atoms with Crippen molar-refractivity contribution in [2.45, 2.75) is 38.3 Å². The molecule has 2 heterocycles. The summed E-state index contributed by atoms with van der Waals surface area (Å²) in [7, 11) is 0. The molecule has 17 heavy (non-hydrogen) atoms. The predicted molar refractivity (Wildman–Crippen MR) is 66.4 cm³/mol. The molecular formula is C13H19N3O. The molecule has 1 saturated heterocycles. The number of nitrogens with zero attached hydrogens (tertiary/aromatic N) is 1.